The number of hydrogen-bond acceptors (Lipinski definition) is 5. The number of aromatic amines is 1. The van der Waals surface area contributed by atoms with Crippen LogP contribution in [0, 0.1) is 0 Å². The van der Waals surface area contributed by atoms with E-state index in [1.165, 1.54) is 17.0 Å². The number of carbonyl (C=O) groups is 1. The summed E-state index contributed by atoms with van der Waals surface area (Å²) in [6.45, 7) is 1.18. The van der Waals surface area contributed by atoms with Crippen molar-refractivity contribution < 1.29 is 23.1 Å². The number of carbonyl (C=O) groups excluding carboxylic acids is 1. The maximum atomic E-state index is 13.5. The number of benzene rings is 1. The standard InChI is InChI=1S/C18H16F3N5O2/c19-18(20,21)16-15-12(14-8-26(9-27)6-5-22-14)7-13(23-17(15)25-24-16)10-1-3-11(28)4-2-10/h1-4,7,9,14,22,28H,5-6,8H2,(H,23,24,25). The normalized spacial score (nSPS) is 17.8. The number of aromatic hydroxyl groups is 1. The zero-order valence-corrected chi connectivity index (χ0v) is 14.5. The Hall–Kier alpha value is -3.14. The SMILES string of the molecule is O=CN1CCNC(c2cc(-c3ccc(O)cc3)nc3n[nH]c(C(F)(F)F)c23)C1. The number of rotatable bonds is 3. The highest BCUT2D eigenvalue weighted by Gasteiger charge is 2.38. The average Bonchev–Trinajstić information content (AvgIpc) is 3.12. The van der Waals surface area contributed by atoms with Crippen LogP contribution >= 0.6 is 0 Å². The van der Waals surface area contributed by atoms with Crippen LogP contribution in [0.4, 0.5) is 13.2 Å². The van der Waals surface area contributed by atoms with Gasteiger partial charge in [-0.2, -0.15) is 18.3 Å². The Labute approximate surface area is 157 Å². The summed E-state index contributed by atoms with van der Waals surface area (Å²) in [6.07, 6.45) is -3.93. The number of hydrogen-bond donors (Lipinski definition) is 3. The minimum absolute atomic E-state index is 0.0575. The molecule has 0 radical (unpaired) electrons. The van der Waals surface area contributed by atoms with Gasteiger partial charge in [-0.05, 0) is 35.9 Å². The summed E-state index contributed by atoms with van der Waals surface area (Å²) in [7, 11) is 0. The molecule has 28 heavy (non-hydrogen) atoms. The van der Waals surface area contributed by atoms with Crippen LogP contribution in [0.3, 0.4) is 0 Å². The Kier molecular flexibility index (Phi) is 4.42. The third kappa shape index (κ3) is 3.26. The lowest BCUT2D eigenvalue weighted by molar-refractivity contribution is -0.140. The molecule has 0 bridgehead atoms. The first-order chi connectivity index (χ1) is 13.4. The molecule has 3 aromatic rings. The largest absolute Gasteiger partial charge is 0.508 e. The van der Waals surface area contributed by atoms with Crippen molar-refractivity contribution in [2.75, 3.05) is 19.6 Å². The highest BCUT2D eigenvalue weighted by Crippen LogP contribution is 2.38. The number of phenolic OH excluding ortho intramolecular Hbond substituents is 1. The second kappa shape index (κ2) is 6.79. The van der Waals surface area contributed by atoms with Gasteiger partial charge < -0.3 is 15.3 Å². The number of fused-ring (bicyclic) bond motifs is 1. The average molecular weight is 391 g/mol. The van der Waals surface area contributed by atoms with Gasteiger partial charge in [0.2, 0.25) is 6.41 Å². The van der Waals surface area contributed by atoms with Crippen molar-refractivity contribution in [3.63, 3.8) is 0 Å². The maximum Gasteiger partial charge on any atom is 0.433 e. The van der Waals surface area contributed by atoms with Crippen molar-refractivity contribution in [1.82, 2.24) is 25.4 Å². The number of nitrogens with zero attached hydrogens (tertiary/aromatic N) is 3. The number of pyridine rings is 1. The van der Waals surface area contributed by atoms with Gasteiger partial charge in [0.1, 0.15) is 11.4 Å². The van der Waals surface area contributed by atoms with Gasteiger partial charge in [-0.25, -0.2) is 4.98 Å². The maximum absolute atomic E-state index is 13.5. The van der Waals surface area contributed by atoms with Gasteiger partial charge in [0.05, 0.1) is 17.1 Å². The third-order valence-corrected chi connectivity index (χ3v) is 4.73. The molecule has 146 valence electrons. The molecule has 1 saturated heterocycles. The Bertz CT molecular complexity index is 1020. The van der Waals surface area contributed by atoms with Crippen LogP contribution < -0.4 is 5.32 Å². The fourth-order valence-corrected chi connectivity index (χ4v) is 3.39. The molecule has 1 aliphatic heterocycles. The predicted molar refractivity (Wildman–Crippen MR) is 94.4 cm³/mol. The van der Waals surface area contributed by atoms with E-state index < -0.39 is 17.9 Å². The molecule has 1 aliphatic rings. The fourth-order valence-electron chi connectivity index (χ4n) is 3.39. The summed E-state index contributed by atoms with van der Waals surface area (Å²) < 4.78 is 40.5. The van der Waals surface area contributed by atoms with Crippen molar-refractivity contribution in [2.24, 2.45) is 0 Å². The lowest BCUT2D eigenvalue weighted by atomic mass is 9.98. The number of H-pyrrole nitrogens is 1. The quantitative estimate of drug-likeness (QED) is 0.597. The van der Waals surface area contributed by atoms with Crippen molar-refractivity contribution in [1.29, 1.82) is 0 Å². The van der Waals surface area contributed by atoms with E-state index in [2.05, 4.69) is 20.5 Å². The Morgan fingerprint density at radius 3 is 2.68 bits per heavy atom. The van der Waals surface area contributed by atoms with Crippen LogP contribution in [0.15, 0.2) is 30.3 Å². The summed E-state index contributed by atoms with van der Waals surface area (Å²) in [4.78, 5) is 16.9. The highest BCUT2D eigenvalue weighted by molar-refractivity contribution is 5.86. The van der Waals surface area contributed by atoms with Gasteiger partial charge in [0.15, 0.2) is 5.65 Å². The molecular formula is C18H16F3N5O2. The summed E-state index contributed by atoms with van der Waals surface area (Å²) in [6, 6.07) is 7.26. The summed E-state index contributed by atoms with van der Waals surface area (Å²) >= 11 is 0. The summed E-state index contributed by atoms with van der Waals surface area (Å²) in [5.41, 5.74) is 0.388. The van der Waals surface area contributed by atoms with Crippen LogP contribution in [-0.2, 0) is 11.0 Å². The molecule has 1 aromatic carbocycles. The molecule has 0 aliphatic carbocycles. The molecule has 1 fully saturated rings. The second-order valence-electron chi connectivity index (χ2n) is 6.55. The van der Waals surface area contributed by atoms with Gasteiger partial charge in [0, 0.05) is 25.2 Å². The number of amides is 1. The third-order valence-electron chi connectivity index (χ3n) is 4.73. The molecule has 7 nitrogen and oxygen atoms in total. The van der Waals surface area contributed by atoms with Gasteiger partial charge >= 0.3 is 6.18 Å². The van der Waals surface area contributed by atoms with Gasteiger partial charge in [-0.1, -0.05) is 0 Å². The zero-order valence-electron chi connectivity index (χ0n) is 14.5. The number of halogens is 3. The monoisotopic (exact) mass is 391 g/mol. The Morgan fingerprint density at radius 1 is 1.25 bits per heavy atom. The second-order valence-corrected chi connectivity index (χ2v) is 6.55. The van der Waals surface area contributed by atoms with E-state index in [-0.39, 0.29) is 23.3 Å². The molecule has 3 N–H and O–H groups in total. The van der Waals surface area contributed by atoms with Crippen molar-refractivity contribution in [2.45, 2.75) is 12.2 Å². The lowest BCUT2D eigenvalue weighted by Crippen LogP contribution is -2.45. The molecule has 10 heteroatoms. The van der Waals surface area contributed by atoms with Crippen molar-refractivity contribution in [3.8, 4) is 17.0 Å². The van der Waals surface area contributed by atoms with E-state index in [4.69, 9.17) is 0 Å². The van der Waals surface area contributed by atoms with Crippen LogP contribution in [-0.4, -0.2) is 51.2 Å². The minimum Gasteiger partial charge on any atom is -0.508 e. The molecular weight excluding hydrogens is 375 g/mol. The van der Waals surface area contributed by atoms with Crippen molar-refractivity contribution in [3.05, 3.63) is 41.6 Å². The van der Waals surface area contributed by atoms with Crippen LogP contribution in [0.1, 0.15) is 17.3 Å². The summed E-state index contributed by atoms with van der Waals surface area (Å²) in [5.74, 6) is 0.0692. The summed E-state index contributed by atoms with van der Waals surface area (Å²) in [5, 5.41) is 18.4. The molecule has 2 aromatic heterocycles. The van der Waals surface area contributed by atoms with Gasteiger partial charge in [0.25, 0.3) is 0 Å². The lowest BCUT2D eigenvalue weighted by Gasteiger charge is -2.32. The number of phenols is 1. The first-order valence-electron chi connectivity index (χ1n) is 8.55. The van der Waals surface area contributed by atoms with Gasteiger partial charge in [-0.3, -0.25) is 9.89 Å². The topological polar surface area (TPSA) is 94.1 Å². The van der Waals surface area contributed by atoms with Gasteiger partial charge in [-0.15, -0.1) is 0 Å². The van der Waals surface area contributed by atoms with E-state index in [0.717, 1.165) is 0 Å². The Morgan fingerprint density at radius 2 is 2.00 bits per heavy atom. The molecule has 0 saturated carbocycles. The number of piperazine rings is 1. The molecule has 1 unspecified atom stereocenters. The molecule has 1 amide bonds. The first kappa shape index (κ1) is 18.2. The number of nitrogens with one attached hydrogen (secondary N) is 2. The Balaban J connectivity index is 1.91. The van der Waals surface area contributed by atoms with E-state index in [0.29, 0.717) is 36.3 Å². The number of aromatic nitrogens is 3. The van der Waals surface area contributed by atoms with E-state index >= 15 is 0 Å². The fraction of sp³-hybridized carbons (Fsp3) is 0.278. The molecule has 3 heterocycles. The molecule has 4 rings (SSSR count). The van der Waals surface area contributed by atoms with E-state index in [9.17, 15) is 23.1 Å². The minimum atomic E-state index is -4.62. The molecule has 0 spiro atoms. The van der Waals surface area contributed by atoms with Crippen LogP contribution in [0.5, 0.6) is 5.75 Å². The zero-order chi connectivity index (χ0) is 19.9. The van der Waals surface area contributed by atoms with Crippen LogP contribution in [0.2, 0.25) is 0 Å². The van der Waals surface area contributed by atoms with Crippen LogP contribution in [0.25, 0.3) is 22.3 Å². The van der Waals surface area contributed by atoms with E-state index in [1.807, 2.05) is 0 Å². The van der Waals surface area contributed by atoms with E-state index in [1.54, 1.807) is 18.2 Å². The highest BCUT2D eigenvalue weighted by atomic mass is 19.4. The molecule has 1 atom stereocenters. The number of alkyl halides is 3. The predicted octanol–water partition coefficient (Wildman–Crippen LogP) is 2.45. The smallest absolute Gasteiger partial charge is 0.433 e. The first-order valence-corrected chi connectivity index (χ1v) is 8.55. The van der Waals surface area contributed by atoms with Crippen molar-refractivity contribution >= 4 is 17.4 Å².